The number of aromatic nitrogens is 2. The zero-order valence-electron chi connectivity index (χ0n) is 14.2. The smallest absolute Gasteiger partial charge is 0.351 e. The van der Waals surface area contributed by atoms with E-state index in [1.807, 2.05) is 0 Å². The number of aliphatic hydroxyl groups excluding tert-OH is 1. The standard InChI is InChI=1S/C17H20N4O5/c1-11(13-4-2-3-5-14(13)21(24)25)18-15-8-9-20(17(23)19-15)16-7-6-12(10-22)26-16/h2-5,8-9,11-12,16,22H,6-7,10H2,1H3,(H,18,19,23)/t11?,12?,16-/m1/s1. The average molecular weight is 360 g/mol. The molecule has 9 nitrogen and oxygen atoms in total. The number of ether oxygens (including phenoxy) is 1. The molecule has 0 bridgehead atoms. The van der Waals surface area contributed by atoms with Crippen molar-refractivity contribution in [3.8, 4) is 0 Å². The van der Waals surface area contributed by atoms with Crippen molar-refractivity contribution in [2.75, 3.05) is 11.9 Å². The number of nitro groups is 1. The molecular weight excluding hydrogens is 340 g/mol. The third-order valence-electron chi connectivity index (χ3n) is 4.39. The van der Waals surface area contributed by atoms with Gasteiger partial charge in [-0.1, -0.05) is 18.2 Å². The molecule has 1 aliphatic heterocycles. The van der Waals surface area contributed by atoms with Crippen molar-refractivity contribution in [3.63, 3.8) is 0 Å². The Labute approximate surface area is 149 Å². The van der Waals surface area contributed by atoms with Crippen molar-refractivity contribution in [1.82, 2.24) is 9.55 Å². The largest absolute Gasteiger partial charge is 0.394 e. The Morgan fingerprint density at radius 1 is 1.42 bits per heavy atom. The fourth-order valence-electron chi connectivity index (χ4n) is 3.06. The normalized spacial score (nSPS) is 20.7. The first-order valence-corrected chi connectivity index (χ1v) is 8.35. The van der Waals surface area contributed by atoms with Gasteiger partial charge in [0, 0.05) is 12.3 Å². The summed E-state index contributed by atoms with van der Waals surface area (Å²) >= 11 is 0. The summed E-state index contributed by atoms with van der Waals surface area (Å²) in [6.45, 7) is 1.69. The average Bonchev–Trinajstić information content (AvgIpc) is 3.10. The topological polar surface area (TPSA) is 120 Å². The van der Waals surface area contributed by atoms with E-state index in [1.54, 1.807) is 37.4 Å². The number of anilines is 1. The zero-order chi connectivity index (χ0) is 18.7. The van der Waals surface area contributed by atoms with Crippen LogP contribution in [-0.2, 0) is 4.74 Å². The predicted octanol–water partition coefficient (Wildman–Crippen LogP) is 1.99. The van der Waals surface area contributed by atoms with E-state index in [4.69, 9.17) is 9.84 Å². The third kappa shape index (κ3) is 3.73. The van der Waals surface area contributed by atoms with Crippen molar-refractivity contribution >= 4 is 11.5 Å². The van der Waals surface area contributed by atoms with E-state index < -0.39 is 22.9 Å². The molecule has 1 aromatic heterocycles. The molecule has 2 N–H and O–H groups in total. The number of nitrogens with one attached hydrogen (secondary N) is 1. The van der Waals surface area contributed by atoms with Crippen molar-refractivity contribution in [2.45, 2.75) is 38.1 Å². The number of hydrogen-bond donors (Lipinski definition) is 2. The molecule has 3 atom stereocenters. The molecule has 0 radical (unpaired) electrons. The minimum atomic E-state index is -0.478. The first-order chi connectivity index (χ1) is 12.5. The number of para-hydroxylation sites is 1. The van der Waals surface area contributed by atoms with Crippen LogP contribution in [0.4, 0.5) is 11.5 Å². The van der Waals surface area contributed by atoms with Gasteiger partial charge in [-0.15, -0.1) is 0 Å². The summed E-state index contributed by atoms with van der Waals surface area (Å²) in [5.41, 5.74) is 0.0389. The Kier molecular flexibility index (Phi) is 5.29. The van der Waals surface area contributed by atoms with Crippen molar-refractivity contribution < 1.29 is 14.8 Å². The fourth-order valence-corrected chi connectivity index (χ4v) is 3.06. The van der Waals surface area contributed by atoms with E-state index in [-0.39, 0.29) is 18.4 Å². The Bertz CT molecular complexity index is 853. The maximum absolute atomic E-state index is 12.3. The monoisotopic (exact) mass is 360 g/mol. The van der Waals surface area contributed by atoms with Crippen LogP contribution in [0.25, 0.3) is 0 Å². The van der Waals surface area contributed by atoms with E-state index in [0.717, 1.165) is 0 Å². The van der Waals surface area contributed by atoms with Gasteiger partial charge in [0.1, 0.15) is 12.0 Å². The second-order valence-corrected chi connectivity index (χ2v) is 6.16. The lowest BCUT2D eigenvalue weighted by Crippen LogP contribution is -2.28. The maximum Gasteiger partial charge on any atom is 0.351 e. The van der Waals surface area contributed by atoms with E-state index in [0.29, 0.717) is 24.2 Å². The van der Waals surface area contributed by atoms with Gasteiger partial charge in [-0.3, -0.25) is 14.7 Å². The van der Waals surface area contributed by atoms with Crippen molar-refractivity contribution in [1.29, 1.82) is 0 Å². The van der Waals surface area contributed by atoms with Crippen LogP contribution in [-0.4, -0.2) is 32.3 Å². The molecule has 2 heterocycles. The molecule has 2 unspecified atom stereocenters. The van der Waals surface area contributed by atoms with Gasteiger partial charge in [-0.05, 0) is 25.8 Å². The van der Waals surface area contributed by atoms with Gasteiger partial charge in [-0.25, -0.2) is 4.79 Å². The summed E-state index contributed by atoms with van der Waals surface area (Å²) in [6.07, 6.45) is 2.19. The van der Waals surface area contributed by atoms with Crippen LogP contribution in [0.5, 0.6) is 0 Å². The molecule has 138 valence electrons. The molecule has 1 saturated heterocycles. The number of nitro benzene ring substituents is 1. The van der Waals surface area contributed by atoms with Crippen LogP contribution < -0.4 is 11.0 Å². The molecular formula is C17H20N4O5. The molecule has 1 aromatic carbocycles. The Morgan fingerprint density at radius 3 is 2.85 bits per heavy atom. The predicted molar refractivity (Wildman–Crippen MR) is 93.9 cm³/mol. The lowest BCUT2D eigenvalue weighted by molar-refractivity contribution is -0.385. The number of hydrogen-bond acceptors (Lipinski definition) is 7. The second-order valence-electron chi connectivity index (χ2n) is 6.16. The Morgan fingerprint density at radius 2 is 2.19 bits per heavy atom. The molecule has 26 heavy (non-hydrogen) atoms. The number of rotatable bonds is 6. The van der Waals surface area contributed by atoms with Crippen LogP contribution in [0, 0.1) is 10.1 Å². The van der Waals surface area contributed by atoms with Crippen LogP contribution in [0.2, 0.25) is 0 Å². The second kappa shape index (κ2) is 7.63. The SMILES string of the molecule is CC(Nc1ccn([C@H]2CCC(CO)O2)c(=O)n1)c1ccccc1[N+](=O)[O-]. The summed E-state index contributed by atoms with van der Waals surface area (Å²) in [4.78, 5) is 27.0. The lowest BCUT2D eigenvalue weighted by atomic mass is 10.1. The van der Waals surface area contributed by atoms with Crippen LogP contribution in [0.1, 0.15) is 37.6 Å². The van der Waals surface area contributed by atoms with Crippen LogP contribution in [0.15, 0.2) is 41.3 Å². The van der Waals surface area contributed by atoms with Gasteiger partial charge in [-0.2, -0.15) is 4.98 Å². The molecule has 2 aromatic rings. The summed E-state index contributed by atoms with van der Waals surface area (Å²) in [5.74, 6) is 0.327. The molecule has 0 aliphatic carbocycles. The number of aliphatic hydroxyl groups is 1. The Hall–Kier alpha value is -2.78. The molecule has 1 fully saturated rings. The van der Waals surface area contributed by atoms with Gasteiger partial charge in [0.25, 0.3) is 5.69 Å². The Balaban J connectivity index is 1.76. The van der Waals surface area contributed by atoms with Crippen molar-refractivity contribution in [3.05, 3.63) is 62.7 Å². The van der Waals surface area contributed by atoms with E-state index in [9.17, 15) is 14.9 Å². The summed E-state index contributed by atoms with van der Waals surface area (Å²) < 4.78 is 6.97. The highest BCUT2D eigenvalue weighted by Gasteiger charge is 2.27. The van der Waals surface area contributed by atoms with Gasteiger partial charge >= 0.3 is 5.69 Å². The maximum atomic E-state index is 12.3. The number of nitrogens with zero attached hydrogens (tertiary/aromatic N) is 3. The van der Waals surface area contributed by atoms with E-state index >= 15 is 0 Å². The van der Waals surface area contributed by atoms with Gasteiger partial charge in [0.15, 0.2) is 0 Å². The third-order valence-corrected chi connectivity index (χ3v) is 4.39. The highest BCUT2D eigenvalue weighted by atomic mass is 16.6. The first-order valence-electron chi connectivity index (χ1n) is 8.35. The lowest BCUT2D eigenvalue weighted by Gasteiger charge is -2.17. The minimum absolute atomic E-state index is 0.00948. The summed E-state index contributed by atoms with van der Waals surface area (Å²) in [6, 6.07) is 7.66. The molecule has 0 spiro atoms. The van der Waals surface area contributed by atoms with Gasteiger partial charge in [0.2, 0.25) is 0 Å². The van der Waals surface area contributed by atoms with Crippen LogP contribution in [0.3, 0.4) is 0 Å². The van der Waals surface area contributed by atoms with Gasteiger partial charge < -0.3 is 15.2 Å². The fraction of sp³-hybridized carbons (Fsp3) is 0.412. The summed E-state index contributed by atoms with van der Waals surface area (Å²) in [5, 5.41) is 23.3. The molecule has 1 aliphatic rings. The van der Waals surface area contributed by atoms with Gasteiger partial charge in [0.05, 0.1) is 29.2 Å². The molecule has 9 heteroatoms. The van der Waals surface area contributed by atoms with Crippen molar-refractivity contribution in [2.24, 2.45) is 0 Å². The highest BCUT2D eigenvalue weighted by Crippen LogP contribution is 2.28. The quantitative estimate of drug-likeness (QED) is 0.597. The first kappa shape index (κ1) is 18.0. The minimum Gasteiger partial charge on any atom is -0.394 e. The molecule has 3 rings (SSSR count). The zero-order valence-corrected chi connectivity index (χ0v) is 14.2. The summed E-state index contributed by atoms with van der Waals surface area (Å²) in [7, 11) is 0. The molecule has 0 saturated carbocycles. The van der Waals surface area contributed by atoms with E-state index in [2.05, 4.69) is 10.3 Å². The molecule has 0 amide bonds. The number of benzene rings is 1. The van der Waals surface area contributed by atoms with E-state index in [1.165, 1.54) is 10.6 Å². The van der Waals surface area contributed by atoms with Crippen LogP contribution >= 0.6 is 0 Å². The highest BCUT2D eigenvalue weighted by molar-refractivity contribution is 5.46.